The van der Waals surface area contributed by atoms with Crippen LogP contribution in [0.2, 0.25) is 0 Å². The monoisotopic (exact) mass is 428 g/mol. The highest BCUT2D eigenvalue weighted by molar-refractivity contribution is 7.99. The molecular weight excluding hydrogens is 411 g/mol. The van der Waals surface area contributed by atoms with Gasteiger partial charge in [-0.3, -0.25) is 9.59 Å². The molecule has 9 heteroatoms. The van der Waals surface area contributed by atoms with Crippen LogP contribution in [0.4, 0.5) is 4.39 Å². The molecule has 0 saturated carbocycles. The Hall–Kier alpha value is -2.70. The number of hydrogen-bond acceptors (Lipinski definition) is 6. The van der Waals surface area contributed by atoms with Gasteiger partial charge in [0.15, 0.2) is 0 Å². The van der Waals surface area contributed by atoms with Gasteiger partial charge in [0.1, 0.15) is 22.5 Å². The number of nitriles is 1. The summed E-state index contributed by atoms with van der Waals surface area (Å²) in [6.07, 6.45) is 3.01. The molecule has 6 nitrogen and oxygen atoms in total. The third-order valence-corrected chi connectivity index (χ3v) is 6.88. The van der Waals surface area contributed by atoms with E-state index in [-0.39, 0.29) is 22.8 Å². The first-order valence-corrected chi connectivity index (χ1v) is 11.1. The Morgan fingerprint density at radius 2 is 2.24 bits per heavy atom. The van der Waals surface area contributed by atoms with Crippen LogP contribution in [-0.2, 0) is 23.4 Å². The Kier molecular flexibility index (Phi) is 5.65. The summed E-state index contributed by atoms with van der Waals surface area (Å²) in [6, 6.07) is 6.72. The first-order valence-electron chi connectivity index (χ1n) is 9.11. The predicted molar refractivity (Wildman–Crippen MR) is 111 cm³/mol. The van der Waals surface area contributed by atoms with E-state index in [2.05, 4.69) is 15.3 Å². The van der Waals surface area contributed by atoms with E-state index in [1.54, 1.807) is 17.4 Å². The molecule has 4 rings (SSSR count). The second-order valence-electron chi connectivity index (χ2n) is 6.69. The molecular formula is C20H17FN4O2S2. The van der Waals surface area contributed by atoms with Crippen LogP contribution in [-0.4, -0.2) is 21.6 Å². The maximum absolute atomic E-state index is 13.8. The summed E-state index contributed by atoms with van der Waals surface area (Å²) < 4.78 is 13.8. The number of fused-ring (bicyclic) bond motifs is 3. The number of benzene rings is 1. The van der Waals surface area contributed by atoms with E-state index in [1.807, 2.05) is 6.07 Å². The molecule has 1 amide bonds. The van der Waals surface area contributed by atoms with E-state index in [0.717, 1.165) is 29.7 Å². The third-order valence-electron chi connectivity index (χ3n) is 4.75. The molecule has 29 heavy (non-hydrogen) atoms. The van der Waals surface area contributed by atoms with Gasteiger partial charge in [-0.1, -0.05) is 18.2 Å². The maximum Gasteiger partial charge on any atom is 0.259 e. The Bertz CT molecular complexity index is 1180. The van der Waals surface area contributed by atoms with Crippen LogP contribution in [0.3, 0.4) is 0 Å². The first kappa shape index (κ1) is 19.6. The summed E-state index contributed by atoms with van der Waals surface area (Å²) in [5, 5.41) is 12.5. The SMILES string of the molecule is N#CC(NC(=O)CSCc1nc2sc3c(c2c(=O)[nH]1)CCC3)c1ccccc1F. The molecule has 1 aliphatic carbocycles. The average Bonchev–Trinajstić information content (AvgIpc) is 3.27. The van der Waals surface area contributed by atoms with Gasteiger partial charge in [-0.25, -0.2) is 9.37 Å². The van der Waals surface area contributed by atoms with Crippen LogP contribution in [0.5, 0.6) is 0 Å². The van der Waals surface area contributed by atoms with Gasteiger partial charge < -0.3 is 10.3 Å². The number of H-pyrrole nitrogens is 1. The fraction of sp³-hybridized carbons (Fsp3) is 0.300. The molecule has 0 spiro atoms. The smallest absolute Gasteiger partial charge is 0.259 e. The number of carbonyl (C=O) groups is 1. The van der Waals surface area contributed by atoms with E-state index in [9.17, 15) is 19.2 Å². The van der Waals surface area contributed by atoms with Crippen molar-refractivity contribution >= 4 is 39.2 Å². The molecule has 0 bridgehead atoms. The van der Waals surface area contributed by atoms with Crippen LogP contribution in [0.15, 0.2) is 29.1 Å². The molecule has 1 aliphatic rings. The molecule has 0 radical (unpaired) electrons. The average molecular weight is 429 g/mol. The highest BCUT2D eigenvalue weighted by Gasteiger charge is 2.21. The minimum atomic E-state index is -1.05. The molecule has 1 unspecified atom stereocenters. The Labute approximate surface area is 174 Å². The Morgan fingerprint density at radius 3 is 3.03 bits per heavy atom. The van der Waals surface area contributed by atoms with Gasteiger partial charge in [-0.2, -0.15) is 5.26 Å². The number of rotatable bonds is 6. The number of aromatic amines is 1. The van der Waals surface area contributed by atoms with Gasteiger partial charge in [0.2, 0.25) is 5.91 Å². The molecule has 3 aromatic rings. The van der Waals surface area contributed by atoms with Crippen molar-refractivity contribution < 1.29 is 9.18 Å². The maximum atomic E-state index is 13.8. The van der Waals surface area contributed by atoms with E-state index >= 15 is 0 Å². The van der Waals surface area contributed by atoms with Crippen molar-refractivity contribution in [1.82, 2.24) is 15.3 Å². The molecule has 148 valence electrons. The summed E-state index contributed by atoms with van der Waals surface area (Å²) in [5.41, 5.74) is 1.14. The lowest BCUT2D eigenvalue weighted by molar-refractivity contribution is -0.118. The quantitative estimate of drug-likeness (QED) is 0.628. The highest BCUT2D eigenvalue weighted by atomic mass is 32.2. The number of aromatic nitrogens is 2. The number of thiophene rings is 1. The van der Waals surface area contributed by atoms with E-state index in [0.29, 0.717) is 17.0 Å². The fourth-order valence-corrected chi connectivity index (χ4v) is 5.43. The van der Waals surface area contributed by atoms with E-state index in [4.69, 9.17) is 0 Å². The lowest BCUT2D eigenvalue weighted by Gasteiger charge is -2.12. The van der Waals surface area contributed by atoms with Crippen LogP contribution in [0, 0.1) is 17.1 Å². The molecule has 2 aromatic heterocycles. The van der Waals surface area contributed by atoms with Gasteiger partial charge in [-0.15, -0.1) is 23.1 Å². The number of halogens is 1. The molecule has 2 heterocycles. The zero-order valence-electron chi connectivity index (χ0n) is 15.3. The third kappa shape index (κ3) is 4.04. The standard InChI is InChI=1S/C20H17FN4O2S2/c21-13-6-2-1-4-11(13)14(8-22)23-17(26)10-28-9-16-24-19(27)18-12-5-3-7-15(12)29-20(18)25-16/h1-2,4,6,14H,3,5,7,9-10H2,(H,23,26)(H,24,25,27). The lowest BCUT2D eigenvalue weighted by atomic mass is 10.1. The zero-order valence-corrected chi connectivity index (χ0v) is 17.0. The summed E-state index contributed by atoms with van der Waals surface area (Å²) in [7, 11) is 0. The number of nitrogens with one attached hydrogen (secondary N) is 2. The van der Waals surface area contributed by atoms with Crippen molar-refractivity contribution in [3.8, 4) is 6.07 Å². The van der Waals surface area contributed by atoms with E-state index in [1.165, 1.54) is 34.8 Å². The second-order valence-corrected chi connectivity index (χ2v) is 8.76. The predicted octanol–water partition coefficient (Wildman–Crippen LogP) is 3.23. The van der Waals surface area contributed by atoms with Crippen LogP contribution < -0.4 is 10.9 Å². The normalized spacial score (nSPS) is 13.8. The van der Waals surface area contributed by atoms with Crippen LogP contribution in [0.25, 0.3) is 10.2 Å². The summed E-state index contributed by atoms with van der Waals surface area (Å²) >= 11 is 2.84. The Morgan fingerprint density at radius 1 is 1.41 bits per heavy atom. The number of thioether (sulfide) groups is 1. The van der Waals surface area contributed by atoms with Gasteiger partial charge in [0, 0.05) is 10.4 Å². The zero-order chi connectivity index (χ0) is 20.4. The minimum Gasteiger partial charge on any atom is -0.336 e. The highest BCUT2D eigenvalue weighted by Crippen LogP contribution is 2.34. The minimum absolute atomic E-state index is 0.0648. The van der Waals surface area contributed by atoms with Gasteiger partial charge in [0.05, 0.1) is 23.0 Å². The number of nitrogens with zero attached hydrogens (tertiary/aromatic N) is 2. The van der Waals surface area contributed by atoms with Crippen molar-refractivity contribution in [2.24, 2.45) is 0 Å². The Balaban J connectivity index is 1.37. The summed E-state index contributed by atoms with van der Waals surface area (Å²) in [4.78, 5) is 34.0. The molecule has 2 N–H and O–H groups in total. The number of amides is 1. The van der Waals surface area contributed by atoms with Crippen molar-refractivity contribution in [3.63, 3.8) is 0 Å². The van der Waals surface area contributed by atoms with Crippen LogP contribution >= 0.6 is 23.1 Å². The van der Waals surface area contributed by atoms with Crippen molar-refractivity contribution in [3.05, 3.63) is 62.3 Å². The van der Waals surface area contributed by atoms with Crippen molar-refractivity contribution in [2.75, 3.05) is 5.75 Å². The topological polar surface area (TPSA) is 98.6 Å². The summed E-state index contributed by atoms with van der Waals surface area (Å²) in [6.45, 7) is 0. The fourth-order valence-electron chi connectivity index (χ4n) is 3.45. The van der Waals surface area contributed by atoms with Gasteiger partial charge >= 0.3 is 0 Å². The summed E-state index contributed by atoms with van der Waals surface area (Å²) in [5.74, 6) is 0.0207. The molecule has 1 aromatic carbocycles. The lowest BCUT2D eigenvalue weighted by Crippen LogP contribution is -2.29. The van der Waals surface area contributed by atoms with Gasteiger partial charge in [0.25, 0.3) is 5.56 Å². The second kappa shape index (κ2) is 8.35. The molecule has 1 atom stereocenters. The van der Waals surface area contributed by atoms with Gasteiger partial charge in [-0.05, 0) is 30.9 Å². The van der Waals surface area contributed by atoms with E-state index < -0.39 is 11.9 Å². The number of carbonyl (C=O) groups excluding carboxylic acids is 1. The van der Waals surface area contributed by atoms with Crippen molar-refractivity contribution in [2.45, 2.75) is 31.1 Å². The number of aryl methyl sites for hydroxylation is 2. The largest absolute Gasteiger partial charge is 0.336 e. The number of hydrogen-bond donors (Lipinski definition) is 2. The van der Waals surface area contributed by atoms with Crippen molar-refractivity contribution in [1.29, 1.82) is 5.26 Å². The molecule has 0 aliphatic heterocycles. The van der Waals surface area contributed by atoms with Crippen LogP contribution in [0.1, 0.15) is 34.3 Å². The first-order chi connectivity index (χ1) is 14.1. The molecule has 0 saturated heterocycles. The molecule has 0 fully saturated rings.